The van der Waals surface area contributed by atoms with Crippen molar-refractivity contribution in [3.63, 3.8) is 0 Å². The smallest absolute Gasteiger partial charge is 0.258 e. The minimum Gasteiger partial charge on any atom is -0.392 e. The topological polar surface area (TPSA) is 95.1 Å². The van der Waals surface area contributed by atoms with Gasteiger partial charge in [-0.2, -0.15) is 5.10 Å². The van der Waals surface area contributed by atoms with Gasteiger partial charge in [-0.15, -0.1) is 0 Å². The van der Waals surface area contributed by atoms with Gasteiger partial charge in [0.05, 0.1) is 12.8 Å². The van der Waals surface area contributed by atoms with Crippen molar-refractivity contribution >= 4 is 10.0 Å². The largest absolute Gasteiger partial charge is 0.392 e. The number of rotatable bonds is 4. The van der Waals surface area contributed by atoms with E-state index in [0.717, 1.165) is 11.8 Å². The molecule has 2 bridgehead atoms. The van der Waals surface area contributed by atoms with Crippen LogP contribution in [0.2, 0.25) is 0 Å². The molecule has 104 valence electrons. The first kappa shape index (κ1) is 11.9. The van der Waals surface area contributed by atoms with E-state index >= 15 is 0 Å². The highest BCUT2D eigenvalue weighted by molar-refractivity contribution is 7.89. The lowest BCUT2D eigenvalue weighted by molar-refractivity contribution is 0.278. The molecule has 1 aromatic heterocycles. The molecule has 3 aliphatic rings. The van der Waals surface area contributed by atoms with Crippen molar-refractivity contribution in [2.75, 3.05) is 0 Å². The normalized spacial score (nSPS) is 39.5. The van der Waals surface area contributed by atoms with E-state index in [4.69, 9.17) is 5.11 Å². The number of sulfonamides is 1. The summed E-state index contributed by atoms with van der Waals surface area (Å²) in [6.45, 7) is -0.324. The Bertz CT molecular complexity index is 595. The second kappa shape index (κ2) is 3.80. The van der Waals surface area contributed by atoms with E-state index in [2.05, 4.69) is 14.9 Å². The molecule has 0 spiro atoms. The van der Waals surface area contributed by atoms with Crippen LogP contribution in [-0.2, 0) is 16.6 Å². The summed E-state index contributed by atoms with van der Waals surface area (Å²) >= 11 is 0. The Balaban J connectivity index is 1.55. The molecule has 3 N–H and O–H groups in total. The number of H-pyrrole nitrogens is 1. The van der Waals surface area contributed by atoms with Crippen molar-refractivity contribution in [2.45, 2.75) is 36.9 Å². The summed E-state index contributed by atoms with van der Waals surface area (Å²) in [5, 5.41) is 15.3. The second-order valence-electron chi connectivity index (χ2n) is 6.02. The first-order valence-corrected chi connectivity index (χ1v) is 8.25. The molecule has 3 saturated carbocycles. The van der Waals surface area contributed by atoms with Gasteiger partial charge in [-0.1, -0.05) is 0 Å². The van der Waals surface area contributed by atoms with Crippen LogP contribution < -0.4 is 4.72 Å². The Morgan fingerprint density at radius 3 is 2.68 bits per heavy atom. The molecule has 0 saturated heterocycles. The van der Waals surface area contributed by atoms with Crippen LogP contribution in [0.4, 0.5) is 0 Å². The Morgan fingerprint density at radius 1 is 1.37 bits per heavy atom. The van der Waals surface area contributed by atoms with Crippen LogP contribution in [0.5, 0.6) is 0 Å². The Labute approximate surface area is 111 Å². The van der Waals surface area contributed by atoms with Crippen molar-refractivity contribution in [3.05, 3.63) is 11.8 Å². The molecule has 0 aliphatic heterocycles. The molecular weight excluding hydrogens is 266 g/mol. The van der Waals surface area contributed by atoms with Crippen molar-refractivity contribution in [1.82, 2.24) is 14.9 Å². The van der Waals surface area contributed by atoms with Crippen LogP contribution in [0.25, 0.3) is 0 Å². The average Bonchev–Trinajstić information content (AvgIpc) is 2.87. The van der Waals surface area contributed by atoms with Gasteiger partial charge in [0.25, 0.3) is 10.0 Å². The molecule has 4 unspecified atom stereocenters. The number of aromatic nitrogens is 2. The van der Waals surface area contributed by atoms with Gasteiger partial charge in [-0.05, 0) is 42.9 Å². The van der Waals surface area contributed by atoms with Crippen molar-refractivity contribution in [2.24, 2.45) is 23.7 Å². The molecule has 1 heterocycles. The van der Waals surface area contributed by atoms with E-state index in [1.807, 2.05) is 0 Å². The Kier molecular flexibility index (Phi) is 2.38. The average molecular weight is 283 g/mol. The molecule has 7 heteroatoms. The van der Waals surface area contributed by atoms with E-state index in [-0.39, 0.29) is 17.7 Å². The van der Waals surface area contributed by atoms with E-state index in [0.29, 0.717) is 17.4 Å². The monoisotopic (exact) mass is 283 g/mol. The van der Waals surface area contributed by atoms with Gasteiger partial charge in [-0.3, -0.25) is 5.10 Å². The summed E-state index contributed by atoms with van der Waals surface area (Å²) < 4.78 is 27.4. The number of nitrogens with zero attached hydrogens (tertiary/aromatic N) is 1. The van der Waals surface area contributed by atoms with Gasteiger partial charge in [0.2, 0.25) is 0 Å². The Hall–Kier alpha value is -0.920. The predicted molar refractivity (Wildman–Crippen MR) is 66.4 cm³/mol. The first-order chi connectivity index (χ1) is 9.12. The summed E-state index contributed by atoms with van der Waals surface area (Å²) in [4.78, 5) is 0. The summed E-state index contributed by atoms with van der Waals surface area (Å²) in [6, 6.07) is 0.103. The van der Waals surface area contributed by atoms with E-state index in [1.165, 1.54) is 25.5 Å². The minimum absolute atomic E-state index is 0.00678. The molecular formula is C12H17N3O3S. The lowest BCUT2D eigenvalue weighted by Crippen LogP contribution is -2.31. The van der Waals surface area contributed by atoms with Gasteiger partial charge in [0.1, 0.15) is 0 Å². The van der Waals surface area contributed by atoms with Crippen LogP contribution in [0.1, 0.15) is 24.8 Å². The van der Waals surface area contributed by atoms with Crippen LogP contribution in [-0.4, -0.2) is 29.8 Å². The lowest BCUT2D eigenvalue weighted by atomic mass is 10.0. The first-order valence-electron chi connectivity index (χ1n) is 6.77. The van der Waals surface area contributed by atoms with Crippen molar-refractivity contribution in [3.8, 4) is 0 Å². The fourth-order valence-electron chi connectivity index (χ4n) is 4.37. The van der Waals surface area contributed by atoms with Gasteiger partial charge in [0.15, 0.2) is 5.03 Å². The van der Waals surface area contributed by atoms with Gasteiger partial charge in [0, 0.05) is 11.6 Å². The lowest BCUT2D eigenvalue weighted by Gasteiger charge is -2.10. The molecule has 0 amide bonds. The number of aliphatic hydroxyl groups excluding tert-OH is 1. The highest BCUT2D eigenvalue weighted by Crippen LogP contribution is 2.65. The van der Waals surface area contributed by atoms with Crippen LogP contribution in [0.3, 0.4) is 0 Å². The molecule has 0 radical (unpaired) electrons. The summed E-state index contributed by atoms with van der Waals surface area (Å²) in [6.07, 6.45) is 5.16. The summed E-state index contributed by atoms with van der Waals surface area (Å²) in [5.41, 5.74) is 0.321. The standard InChI is InChI=1S/C12H17N3O3S/c16-5-8-4-13-14-12(8)19(17,18)15-11-9-6-1-2-7(3-6)10(9)11/h4,6-7,9-11,15-16H,1-3,5H2,(H,13,14). The fraction of sp³-hybridized carbons (Fsp3) is 0.750. The number of hydrogen-bond donors (Lipinski definition) is 3. The number of nitrogens with one attached hydrogen (secondary N) is 2. The molecule has 3 fully saturated rings. The van der Waals surface area contributed by atoms with Gasteiger partial charge >= 0.3 is 0 Å². The SMILES string of the molecule is O=S(=O)(NC1C2C3CCC(C3)C12)c1[nH]ncc1CO. The number of fused-ring (bicyclic) bond motifs is 5. The zero-order valence-corrected chi connectivity index (χ0v) is 11.2. The fourth-order valence-corrected chi connectivity index (χ4v) is 5.79. The predicted octanol–water partition coefficient (Wildman–Crippen LogP) is 0.225. The van der Waals surface area contributed by atoms with Crippen LogP contribution in [0.15, 0.2) is 11.2 Å². The van der Waals surface area contributed by atoms with Crippen LogP contribution >= 0.6 is 0 Å². The summed E-state index contributed by atoms with van der Waals surface area (Å²) in [7, 11) is -3.59. The number of hydrogen-bond acceptors (Lipinski definition) is 4. The third kappa shape index (κ3) is 1.61. The highest BCUT2D eigenvalue weighted by atomic mass is 32.2. The molecule has 0 aromatic carbocycles. The second-order valence-corrected chi connectivity index (χ2v) is 7.67. The maximum atomic E-state index is 12.3. The summed E-state index contributed by atoms with van der Waals surface area (Å²) in [5.74, 6) is 2.55. The number of aromatic amines is 1. The molecule has 3 aliphatic carbocycles. The third-order valence-electron chi connectivity index (χ3n) is 5.14. The molecule has 19 heavy (non-hydrogen) atoms. The molecule has 4 atom stereocenters. The van der Waals surface area contributed by atoms with Crippen molar-refractivity contribution < 1.29 is 13.5 Å². The quantitative estimate of drug-likeness (QED) is 0.737. The number of aliphatic hydroxyl groups is 1. The van der Waals surface area contributed by atoms with Crippen molar-refractivity contribution in [1.29, 1.82) is 0 Å². The minimum atomic E-state index is -3.59. The molecule has 6 nitrogen and oxygen atoms in total. The zero-order valence-electron chi connectivity index (χ0n) is 10.4. The van der Waals surface area contributed by atoms with Gasteiger partial charge in [-0.25, -0.2) is 13.1 Å². The Morgan fingerprint density at radius 2 is 2.05 bits per heavy atom. The van der Waals surface area contributed by atoms with E-state index < -0.39 is 10.0 Å². The zero-order chi connectivity index (χ0) is 13.2. The molecule has 4 rings (SSSR count). The third-order valence-corrected chi connectivity index (χ3v) is 6.62. The van der Waals surface area contributed by atoms with E-state index in [1.54, 1.807) is 0 Å². The maximum absolute atomic E-state index is 12.3. The van der Waals surface area contributed by atoms with E-state index in [9.17, 15) is 8.42 Å². The van der Waals surface area contributed by atoms with Crippen LogP contribution in [0, 0.1) is 23.7 Å². The highest BCUT2D eigenvalue weighted by Gasteiger charge is 2.65. The maximum Gasteiger partial charge on any atom is 0.258 e. The van der Waals surface area contributed by atoms with Gasteiger partial charge < -0.3 is 5.11 Å². The molecule has 1 aromatic rings.